The smallest absolute Gasteiger partial charge is 0.305 e. The predicted octanol–water partition coefficient (Wildman–Crippen LogP) is 4.02. The summed E-state index contributed by atoms with van der Waals surface area (Å²) in [4.78, 5) is 26.8. The van der Waals surface area contributed by atoms with Gasteiger partial charge in [-0.2, -0.15) is 0 Å². The number of carbonyl (C=O) groups is 2. The molecule has 3 rings (SSSR count). The van der Waals surface area contributed by atoms with Crippen LogP contribution in [0.3, 0.4) is 0 Å². The molecule has 2 amide bonds. The SMILES string of the molecule is CCN(CC)Cc1ccc(C(=O)NNC(=O)C(C)Oc2ccc(-c3ccccc3)cc2)o1. The fourth-order valence-corrected chi connectivity index (χ4v) is 3.15. The van der Waals surface area contributed by atoms with Crippen LogP contribution < -0.4 is 15.6 Å². The van der Waals surface area contributed by atoms with E-state index in [-0.39, 0.29) is 5.76 Å². The second-order valence-corrected chi connectivity index (χ2v) is 7.32. The summed E-state index contributed by atoms with van der Waals surface area (Å²) in [6.07, 6.45) is -0.798. The van der Waals surface area contributed by atoms with Crippen LogP contribution in [0.2, 0.25) is 0 Å². The van der Waals surface area contributed by atoms with Crippen LogP contribution in [0.25, 0.3) is 11.1 Å². The summed E-state index contributed by atoms with van der Waals surface area (Å²) in [5, 5.41) is 0. The van der Waals surface area contributed by atoms with E-state index in [1.165, 1.54) is 0 Å². The minimum Gasteiger partial charge on any atom is -0.481 e. The van der Waals surface area contributed by atoms with Crippen molar-refractivity contribution in [2.75, 3.05) is 13.1 Å². The number of furan rings is 1. The van der Waals surface area contributed by atoms with Crippen LogP contribution in [-0.4, -0.2) is 35.9 Å². The van der Waals surface area contributed by atoms with Gasteiger partial charge in [0, 0.05) is 0 Å². The zero-order chi connectivity index (χ0) is 22.9. The van der Waals surface area contributed by atoms with Gasteiger partial charge in [-0.15, -0.1) is 0 Å². The Bertz CT molecular complexity index is 1010. The molecule has 1 unspecified atom stereocenters. The highest BCUT2D eigenvalue weighted by Gasteiger charge is 2.18. The van der Waals surface area contributed by atoms with Crippen molar-refractivity contribution in [3.8, 4) is 16.9 Å². The Labute approximate surface area is 188 Å². The molecule has 0 spiro atoms. The molecule has 7 nitrogen and oxygen atoms in total. The highest BCUT2D eigenvalue weighted by atomic mass is 16.5. The summed E-state index contributed by atoms with van der Waals surface area (Å²) in [5.41, 5.74) is 6.90. The average Bonchev–Trinajstić information content (AvgIpc) is 3.30. The molecule has 2 aromatic carbocycles. The van der Waals surface area contributed by atoms with E-state index in [1.54, 1.807) is 19.1 Å². The molecule has 0 saturated heterocycles. The van der Waals surface area contributed by atoms with Gasteiger partial charge in [0.05, 0.1) is 6.54 Å². The number of hydrazine groups is 1. The van der Waals surface area contributed by atoms with E-state index in [9.17, 15) is 9.59 Å². The Morgan fingerprint density at radius 3 is 2.22 bits per heavy atom. The molecule has 0 radical (unpaired) electrons. The highest BCUT2D eigenvalue weighted by Crippen LogP contribution is 2.22. The average molecular weight is 436 g/mol. The molecule has 2 N–H and O–H groups in total. The molecule has 0 fully saturated rings. The van der Waals surface area contributed by atoms with E-state index in [2.05, 4.69) is 29.6 Å². The largest absolute Gasteiger partial charge is 0.481 e. The lowest BCUT2D eigenvalue weighted by Crippen LogP contribution is -2.47. The van der Waals surface area contributed by atoms with Gasteiger partial charge in [0.15, 0.2) is 11.9 Å². The normalized spacial score (nSPS) is 11.8. The lowest BCUT2D eigenvalue weighted by Gasteiger charge is -2.16. The summed E-state index contributed by atoms with van der Waals surface area (Å²) in [6, 6.07) is 20.8. The fraction of sp³-hybridized carbons (Fsp3) is 0.280. The predicted molar refractivity (Wildman–Crippen MR) is 123 cm³/mol. The first-order chi connectivity index (χ1) is 15.5. The molecular weight excluding hydrogens is 406 g/mol. The van der Waals surface area contributed by atoms with Gasteiger partial charge in [-0.1, -0.05) is 56.3 Å². The van der Waals surface area contributed by atoms with Crippen molar-refractivity contribution in [3.63, 3.8) is 0 Å². The number of ether oxygens (including phenoxy) is 1. The number of carbonyl (C=O) groups excluding carboxylic acids is 2. The summed E-state index contributed by atoms with van der Waals surface area (Å²) in [6.45, 7) is 8.15. The molecule has 3 aromatic rings. The second kappa shape index (κ2) is 11.2. The van der Waals surface area contributed by atoms with Crippen LogP contribution in [0, 0.1) is 0 Å². The fourth-order valence-electron chi connectivity index (χ4n) is 3.15. The minimum absolute atomic E-state index is 0.137. The molecule has 0 aliphatic carbocycles. The zero-order valence-corrected chi connectivity index (χ0v) is 18.6. The first kappa shape index (κ1) is 23.1. The van der Waals surface area contributed by atoms with E-state index in [4.69, 9.17) is 9.15 Å². The number of hydrogen-bond acceptors (Lipinski definition) is 5. The Morgan fingerprint density at radius 1 is 0.906 bits per heavy atom. The minimum atomic E-state index is -0.798. The van der Waals surface area contributed by atoms with E-state index in [0.29, 0.717) is 18.1 Å². The summed E-state index contributed by atoms with van der Waals surface area (Å²) >= 11 is 0. The molecule has 168 valence electrons. The van der Waals surface area contributed by atoms with Gasteiger partial charge in [-0.05, 0) is 55.4 Å². The number of nitrogens with zero attached hydrogens (tertiary/aromatic N) is 1. The summed E-state index contributed by atoms with van der Waals surface area (Å²) in [5.74, 6) is 0.396. The third-order valence-corrected chi connectivity index (χ3v) is 5.10. The summed E-state index contributed by atoms with van der Waals surface area (Å²) in [7, 11) is 0. The lowest BCUT2D eigenvalue weighted by molar-refractivity contribution is -0.128. The highest BCUT2D eigenvalue weighted by molar-refractivity contribution is 5.93. The van der Waals surface area contributed by atoms with Gasteiger partial charge in [0.1, 0.15) is 11.5 Å². The second-order valence-electron chi connectivity index (χ2n) is 7.32. The van der Waals surface area contributed by atoms with Crippen LogP contribution in [0.1, 0.15) is 37.1 Å². The number of benzene rings is 2. The maximum Gasteiger partial charge on any atom is 0.305 e. The molecule has 0 aliphatic heterocycles. The van der Waals surface area contributed by atoms with Crippen molar-refractivity contribution in [2.24, 2.45) is 0 Å². The number of hydrogen-bond donors (Lipinski definition) is 2. The third-order valence-electron chi connectivity index (χ3n) is 5.10. The lowest BCUT2D eigenvalue weighted by atomic mass is 10.1. The molecule has 1 atom stereocenters. The molecule has 0 bridgehead atoms. The van der Waals surface area contributed by atoms with Crippen molar-refractivity contribution in [3.05, 3.63) is 78.3 Å². The van der Waals surface area contributed by atoms with E-state index >= 15 is 0 Å². The maximum atomic E-state index is 12.3. The zero-order valence-electron chi connectivity index (χ0n) is 18.6. The number of amides is 2. The molecule has 0 aliphatic rings. The monoisotopic (exact) mass is 435 g/mol. The van der Waals surface area contributed by atoms with Crippen molar-refractivity contribution in [1.29, 1.82) is 0 Å². The van der Waals surface area contributed by atoms with E-state index < -0.39 is 17.9 Å². The van der Waals surface area contributed by atoms with Gasteiger partial charge in [-0.3, -0.25) is 25.3 Å². The Morgan fingerprint density at radius 2 is 1.56 bits per heavy atom. The van der Waals surface area contributed by atoms with Gasteiger partial charge in [-0.25, -0.2) is 0 Å². The van der Waals surface area contributed by atoms with Gasteiger partial charge in [0.25, 0.3) is 5.91 Å². The van der Waals surface area contributed by atoms with Crippen molar-refractivity contribution in [1.82, 2.24) is 15.8 Å². The summed E-state index contributed by atoms with van der Waals surface area (Å²) < 4.78 is 11.3. The molecule has 0 saturated carbocycles. The van der Waals surface area contributed by atoms with Crippen molar-refractivity contribution < 1.29 is 18.7 Å². The van der Waals surface area contributed by atoms with Crippen LogP contribution in [0.5, 0.6) is 5.75 Å². The van der Waals surface area contributed by atoms with Gasteiger partial charge < -0.3 is 9.15 Å². The first-order valence-corrected chi connectivity index (χ1v) is 10.7. The molecule has 32 heavy (non-hydrogen) atoms. The topological polar surface area (TPSA) is 83.8 Å². The first-order valence-electron chi connectivity index (χ1n) is 10.7. The Hall–Kier alpha value is -3.58. The van der Waals surface area contributed by atoms with Crippen LogP contribution in [0.4, 0.5) is 0 Å². The number of nitrogens with one attached hydrogen (secondary N) is 2. The molecule has 1 aromatic heterocycles. The van der Waals surface area contributed by atoms with Crippen molar-refractivity contribution in [2.45, 2.75) is 33.4 Å². The Kier molecular flexibility index (Phi) is 8.05. The molecule has 1 heterocycles. The standard InChI is InChI=1S/C25H29N3O4/c1-4-28(5-2)17-22-15-16-23(32-22)25(30)27-26-24(29)18(3)31-21-13-11-20(12-14-21)19-9-7-6-8-10-19/h6-16,18H,4-5,17H2,1-3H3,(H,26,29)(H,27,30). The van der Waals surface area contributed by atoms with Crippen molar-refractivity contribution >= 4 is 11.8 Å². The quantitative estimate of drug-likeness (QED) is 0.496. The van der Waals surface area contributed by atoms with E-state index in [0.717, 1.165) is 24.2 Å². The third kappa shape index (κ3) is 6.21. The van der Waals surface area contributed by atoms with Crippen LogP contribution >= 0.6 is 0 Å². The molecular formula is C25H29N3O4. The Balaban J connectivity index is 1.48. The van der Waals surface area contributed by atoms with Gasteiger partial charge >= 0.3 is 5.91 Å². The number of rotatable bonds is 9. The van der Waals surface area contributed by atoms with E-state index in [1.807, 2.05) is 54.6 Å². The van der Waals surface area contributed by atoms with Gasteiger partial charge in [0.2, 0.25) is 0 Å². The maximum absolute atomic E-state index is 12.3. The van der Waals surface area contributed by atoms with Crippen LogP contribution in [-0.2, 0) is 11.3 Å². The molecule has 7 heteroatoms. The van der Waals surface area contributed by atoms with Crippen LogP contribution in [0.15, 0.2) is 71.1 Å².